The monoisotopic (exact) mass is 620 g/mol. The van der Waals surface area contributed by atoms with Gasteiger partial charge in [-0.15, -0.1) is 11.6 Å². The average molecular weight is 622 g/mol. The zero-order valence-electron chi connectivity index (χ0n) is 29.9. The van der Waals surface area contributed by atoms with E-state index in [0.717, 1.165) is 25.7 Å². The summed E-state index contributed by atoms with van der Waals surface area (Å²) >= 11 is 5.56. The van der Waals surface area contributed by atoms with Crippen LogP contribution in [0.5, 0.6) is 0 Å². The standard InChI is InChI=1S/C13H24ClNO.C11H23N.C11H22O.ClH/c1-11(2)7-12(3,4)9-13(5,8-11)15-10(16)6-14;2*1-9(2)6-10(3,4)8-11(5,12)7-9;/h6-9H2,1-5H3,(H,15,16);6-8,12H2,1-5H3;12H,6-8H2,1-5H3;1H. The van der Waals surface area contributed by atoms with Gasteiger partial charge in [-0.3, -0.25) is 4.79 Å². The Morgan fingerprint density at radius 2 is 0.854 bits per heavy atom. The van der Waals surface area contributed by atoms with E-state index in [1.165, 1.54) is 32.1 Å². The molecule has 0 saturated heterocycles. The Labute approximate surface area is 266 Å². The van der Waals surface area contributed by atoms with E-state index >= 15 is 0 Å². The van der Waals surface area contributed by atoms with Crippen molar-refractivity contribution in [1.29, 1.82) is 0 Å². The number of halogens is 2. The molecule has 0 atom stereocenters. The van der Waals surface area contributed by atoms with Crippen molar-refractivity contribution >= 4 is 17.5 Å². The van der Waals surface area contributed by atoms with Crippen molar-refractivity contribution in [2.45, 2.75) is 178 Å². The lowest BCUT2D eigenvalue weighted by molar-refractivity contribution is -0.489. The third kappa shape index (κ3) is 15.5. The Balaban J connectivity index is 0.000000587. The molecule has 4 nitrogen and oxygen atoms in total. The molecule has 0 radical (unpaired) electrons. The Morgan fingerprint density at radius 3 is 1.10 bits per heavy atom. The van der Waals surface area contributed by atoms with Crippen molar-refractivity contribution < 1.29 is 28.0 Å². The first-order chi connectivity index (χ1) is 17.3. The number of quaternary nitrogens is 1. The smallest absolute Gasteiger partial charge is 0.235 e. The minimum atomic E-state index is -0.453. The first kappa shape index (κ1) is 41.0. The quantitative estimate of drug-likeness (QED) is 0.355. The summed E-state index contributed by atoms with van der Waals surface area (Å²) in [4.78, 5) is 11.5. The second-order valence-electron chi connectivity index (χ2n) is 20.1. The number of alkyl halides is 1. The van der Waals surface area contributed by atoms with Gasteiger partial charge in [0.15, 0.2) is 0 Å². The lowest BCUT2D eigenvalue weighted by Crippen LogP contribution is -3.00. The van der Waals surface area contributed by atoms with E-state index in [-0.39, 0.29) is 40.6 Å². The fraction of sp³-hybridized carbons (Fsp3) is 0.971. The molecule has 1 amide bonds. The molecule has 246 valence electrons. The summed E-state index contributed by atoms with van der Waals surface area (Å²) in [7, 11) is 0. The molecule has 0 bridgehead atoms. The molecule has 0 heterocycles. The van der Waals surface area contributed by atoms with Crippen molar-refractivity contribution in [2.75, 3.05) is 5.88 Å². The Kier molecular flexibility index (Phi) is 13.1. The Hall–Kier alpha value is -0.0300. The molecule has 41 heavy (non-hydrogen) atoms. The molecule has 0 aromatic carbocycles. The number of hydrogen-bond acceptors (Lipinski definition) is 2. The molecule has 3 saturated carbocycles. The van der Waals surface area contributed by atoms with Crippen LogP contribution in [0.4, 0.5) is 0 Å². The van der Waals surface area contributed by atoms with Crippen LogP contribution in [0.1, 0.15) is 162 Å². The van der Waals surface area contributed by atoms with Crippen molar-refractivity contribution in [2.24, 2.45) is 32.5 Å². The number of nitrogens with one attached hydrogen (secondary N) is 1. The highest BCUT2D eigenvalue weighted by Gasteiger charge is 2.46. The van der Waals surface area contributed by atoms with Crippen LogP contribution < -0.4 is 23.5 Å². The van der Waals surface area contributed by atoms with Crippen LogP contribution in [0.15, 0.2) is 0 Å². The molecular formula is C35H70Cl2N2O2. The number of carbonyl (C=O) groups excluding carboxylic acids is 1. The van der Waals surface area contributed by atoms with Gasteiger partial charge in [0.1, 0.15) is 5.88 Å². The van der Waals surface area contributed by atoms with Gasteiger partial charge < -0.3 is 28.6 Å². The number of amides is 1. The second-order valence-corrected chi connectivity index (χ2v) is 20.4. The van der Waals surface area contributed by atoms with Gasteiger partial charge >= 0.3 is 0 Å². The summed E-state index contributed by atoms with van der Waals surface area (Å²) in [6.45, 7) is 34.0. The van der Waals surface area contributed by atoms with E-state index in [9.17, 15) is 9.90 Å². The molecule has 0 aliphatic heterocycles. The minimum Gasteiger partial charge on any atom is -1.00 e. The first-order valence-electron chi connectivity index (χ1n) is 15.8. The molecule has 0 spiro atoms. The number of aliphatic hydroxyl groups is 1. The normalized spacial score (nSPS) is 28.6. The molecule has 3 aliphatic rings. The Morgan fingerprint density at radius 1 is 0.585 bits per heavy atom. The van der Waals surface area contributed by atoms with E-state index < -0.39 is 5.60 Å². The first-order valence-corrected chi connectivity index (χ1v) is 16.3. The molecule has 3 fully saturated rings. The van der Waals surface area contributed by atoms with Crippen LogP contribution in [0.25, 0.3) is 0 Å². The fourth-order valence-electron chi connectivity index (χ4n) is 11.4. The Bertz CT molecular complexity index is 721. The summed E-state index contributed by atoms with van der Waals surface area (Å²) in [6.07, 6.45) is 10.2. The topological polar surface area (TPSA) is 77.0 Å². The van der Waals surface area contributed by atoms with E-state index in [4.69, 9.17) is 11.6 Å². The summed E-state index contributed by atoms with van der Waals surface area (Å²) < 4.78 is 0. The summed E-state index contributed by atoms with van der Waals surface area (Å²) in [5, 5.41) is 13.1. The maximum atomic E-state index is 11.5. The minimum absolute atomic E-state index is 0. The summed E-state index contributed by atoms with van der Waals surface area (Å²) in [5.41, 5.74) is 6.16. The van der Waals surface area contributed by atoms with Gasteiger partial charge in [0.05, 0.1) is 11.1 Å². The maximum Gasteiger partial charge on any atom is 0.235 e. The third-order valence-electron chi connectivity index (χ3n) is 8.70. The number of carbonyl (C=O) groups is 1. The van der Waals surface area contributed by atoms with Gasteiger partial charge in [-0.05, 0) is 98.2 Å². The molecule has 6 heteroatoms. The van der Waals surface area contributed by atoms with E-state index in [1.54, 1.807) is 0 Å². The van der Waals surface area contributed by atoms with Gasteiger partial charge in [-0.1, -0.05) is 83.1 Å². The van der Waals surface area contributed by atoms with Crippen LogP contribution in [0, 0.1) is 32.5 Å². The average Bonchev–Trinajstić information content (AvgIpc) is 2.49. The van der Waals surface area contributed by atoms with Gasteiger partial charge in [0.2, 0.25) is 5.91 Å². The molecule has 5 N–H and O–H groups in total. The predicted octanol–water partition coefficient (Wildman–Crippen LogP) is 5.54. The highest BCUT2D eigenvalue weighted by atomic mass is 35.5. The van der Waals surface area contributed by atoms with Crippen molar-refractivity contribution in [1.82, 2.24) is 5.32 Å². The molecule has 0 aromatic rings. The van der Waals surface area contributed by atoms with Gasteiger partial charge in [-0.2, -0.15) is 0 Å². The third-order valence-corrected chi connectivity index (χ3v) is 8.94. The number of hydrogen-bond donors (Lipinski definition) is 3. The van der Waals surface area contributed by atoms with Crippen molar-refractivity contribution in [3.63, 3.8) is 0 Å². The van der Waals surface area contributed by atoms with Gasteiger partial charge in [-0.25, -0.2) is 0 Å². The maximum absolute atomic E-state index is 11.5. The van der Waals surface area contributed by atoms with E-state index in [0.29, 0.717) is 27.2 Å². The van der Waals surface area contributed by atoms with E-state index in [1.807, 2.05) is 6.92 Å². The predicted molar refractivity (Wildman–Crippen MR) is 173 cm³/mol. The van der Waals surface area contributed by atoms with Crippen LogP contribution in [0.2, 0.25) is 0 Å². The SMILES string of the molecule is CC1(C)CC(C)(C)CC(C)(NC(=O)CCl)C1.CC1(C)CC(C)(C)CC(C)(O)C1.CC1(C)CC(C)(C)CC(C)([NH3+])C1.[Cl-]. The second kappa shape index (κ2) is 13.1. The van der Waals surface area contributed by atoms with Crippen LogP contribution in [-0.4, -0.2) is 33.6 Å². The lowest BCUT2D eigenvalue weighted by Gasteiger charge is -2.50. The lowest BCUT2D eigenvalue weighted by atomic mass is 9.59. The highest BCUT2D eigenvalue weighted by Crippen LogP contribution is 2.51. The van der Waals surface area contributed by atoms with Gasteiger partial charge in [0, 0.05) is 18.4 Å². The van der Waals surface area contributed by atoms with Crippen LogP contribution in [-0.2, 0) is 4.79 Å². The van der Waals surface area contributed by atoms with Crippen molar-refractivity contribution in [3.05, 3.63) is 0 Å². The molecular weight excluding hydrogens is 551 g/mol. The van der Waals surface area contributed by atoms with Crippen molar-refractivity contribution in [3.8, 4) is 0 Å². The fourth-order valence-corrected chi connectivity index (χ4v) is 11.5. The molecule has 3 rings (SSSR count). The largest absolute Gasteiger partial charge is 1.00 e. The summed E-state index contributed by atoms with van der Waals surface area (Å²) in [6, 6.07) is 0. The molecule has 0 aromatic heterocycles. The van der Waals surface area contributed by atoms with Gasteiger partial charge in [0.25, 0.3) is 0 Å². The van der Waals surface area contributed by atoms with Crippen LogP contribution >= 0.6 is 11.6 Å². The highest BCUT2D eigenvalue weighted by molar-refractivity contribution is 6.27. The van der Waals surface area contributed by atoms with E-state index in [2.05, 4.69) is 108 Å². The molecule has 0 unspecified atom stereocenters. The zero-order chi connectivity index (χ0) is 31.9. The molecule has 3 aliphatic carbocycles. The summed E-state index contributed by atoms with van der Waals surface area (Å²) in [5.74, 6) is -0.00569. The zero-order valence-corrected chi connectivity index (χ0v) is 31.4. The number of rotatable bonds is 2. The van der Waals surface area contributed by atoms with Crippen LogP contribution in [0.3, 0.4) is 0 Å².